The van der Waals surface area contributed by atoms with Crippen LogP contribution < -0.4 is 5.23 Å². The number of carboxylic acids is 1. The van der Waals surface area contributed by atoms with Gasteiger partial charge in [0.1, 0.15) is 5.02 Å². The Hall–Kier alpha value is -0.790. The van der Waals surface area contributed by atoms with Crippen LogP contribution in [0.15, 0.2) is 17.0 Å². The van der Waals surface area contributed by atoms with Crippen LogP contribution in [-0.2, 0) is 0 Å². The van der Waals surface area contributed by atoms with Crippen molar-refractivity contribution in [1.82, 2.24) is 0 Å². The van der Waals surface area contributed by atoms with Crippen LogP contribution in [0.25, 0.3) is 0 Å². The predicted octanol–water partition coefficient (Wildman–Crippen LogP) is 1.45. The summed E-state index contributed by atoms with van der Waals surface area (Å²) in [5.41, 5.74) is -0.0774. The highest BCUT2D eigenvalue weighted by Crippen LogP contribution is 2.30. The molecule has 0 spiro atoms. The number of benzene rings is 1. The molecule has 0 aliphatic carbocycles. The summed E-state index contributed by atoms with van der Waals surface area (Å²) in [5.74, 6) is -0.430. The first-order valence-corrected chi connectivity index (χ1v) is 5.78. The van der Waals surface area contributed by atoms with Crippen molar-refractivity contribution in [2.24, 2.45) is 0 Å². The molecule has 0 saturated carbocycles. The first-order chi connectivity index (χ1) is 7.47. The van der Waals surface area contributed by atoms with E-state index in [4.69, 9.17) is 27.1 Å². The number of halogens is 1. The van der Waals surface area contributed by atoms with Crippen molar-refractivity contribution < 1.29 is 25.5 Å². The van der Waals surface area contributed by atoms with Gasteiger partial charge in [0.05, 0.1) is 5.56 Å². The number of hydrogen-bond donors (Lipinski definition) is 4. The Morgan fingerprint density at radius 3 is 2.56 bits per heavy atom. The van der Waals surface area contributed by atoms with Gasteiger partial charge < -0.3 is 5.11 Å². The Morgan fingerprint density at radius 2 is 2.12 bits per heavy atom. The SMILES string of the molecule is CCSc1cc(Cl)c([NH+](O)O)cc1C(=O)O. The van der Waals surface area contributed by atoms with Crippen LogP contribution in [-0.4, -0.2) is 27.2 Å². The van der Waals surface area contributed by atoms with Crippen LogP contribution in [0.1, 0.15) is 17.3 Å². The van der Waals surface area contributed by atoms with Crippen LogP contribution in [0.5, 0.6) is 0 Å². The third-order valence-electron chi connectivity index (χ3n) is 1.84. The highest BCUT2D eigenvalue weighted by Gasteiger charge is 2.20. The van der Waals surface area contributed by atoms with Gasteiger partial charge in [-0.15, -0.1) is 11.8 Å². The van der Waals surface area contributed by atoms with Gasteiger partial charge in [0.25, 0.3) is 0 Å². The number of nitrogens with one attached hydrogen (secondary N) is 1. The number of aromatic carboxylic acids is 1. The van der Waals surface area contributed by atoms with E-state index in [1.165, 1.54) is 17.8 Å². The van der Waals surface area contributed by atoms with E-state index in [2.05, 4.69) is 0 Å². The predicted molar refractivity (Wildman–Crippen MR) is 59.0 cm³/mol. The van der Waals surface area contributed by atoms with Gasteiger partial charge in [0, 0.05) is 11.0 Å². The molecule has 4 N–H and O–H groups in total. The van der Waals surface area contributed by atoms with E-state index in [1.807, 2.05) is 6.92 Å². The lowest BCUT2D eigenvalue weighted by Gasteiger charge is -2.08. The molecule has 0 bridgehead atoms. The van der Waals surface area contributed by atoms with E-state index in [-0.39, 0.29) is 16.3 Å². The smallest absolute Gasteiger partial charge is 0.337 e. The number of carbonyl (C=O) groups is 1. The maximum atomic E-state index is 11.0. The minimum Gasteiger partial charge on any atom is -0.478 e. The standard InChI is InChI=1S/C9H10ClNO4S/c1-2-16-8-4-6(10)7(11(14)15)3-5(8)9(12)13/h3-4,14-15H,2H2,1H3,(H,12,13)/p+1. The summed E-state index contributed by atoms with van der Waals surface area (Å²) >= 11 is 7.12. The molecule has 0 aliphatic heterocycles. The van der Waals surface area contributed by atoms with Gasteiger partial charge in [-0.3, -0.25) is 0 Å². The number of rotatable bonds is 4. The largest absolute Gasteiger partial charge is 0.478 e. The van der Waals surface area contributed by atoms with E-state index in [9.17, 15) is 4.79 Å². The molecular formula is C9H11ClNO4S+. The molecule has 1 aromatic rings. The molecule has 88 valence electrons. The van der Waals surface area contributed by atoms with E-state index >= 15 is 0 Å². The molecule has 0 aromatic heterocycles. The Balaban J connectivity index is 3.31. The van der Waals surface area contributed by atoms with Crippen LogP contribution in [0, 0.1) is 0 Å². The molecule has 16 heavy (non-hydrogen) atoms. The fourth-order valence-corrected chi connectivity index (χ4v) is 2.30. The van der Waals surface area contributed by atoms with E-state index in [1.54, 1.807) is 0 Å². The maximum absolute atomic E-state index is 11.0. The van der Waals surface area contributed by atoms with Gasteiger partial charge in [-0.05, 0) is 17.0 Å². The lowest BCUT2D eigenvalue weighted by atomic mass is 10.2. The molecule has 0 unspecified atom stereocenters. The molecule has 0 aliphatic rings. The fraction of sp³-hybridized carbons (Fsp3) is 0.222. The second kappa shape index (κ2) is 5.51. The van der Waals surface area contributed by atoms with E-state index < -0.39 is 11.2 Å². The number of hydrogen-bond acceptors (Lipinski definition) is 4. The first-order valence-electron chi connectivity index (χ1n) is 4.42. The van der Waals surface area contributed by atoms with Gasteiger partial charge in [-0.25, -0.2) is 4.79 Å². The third kappa shape index (κ3) is 2.87. The Labute approximate surface area is 101 Å². The molecule has 0 heterocycles. The molecule has 0 atom stereocenters. The molecule has 0 saturated heterocycles. The van der Waals surface area contributed by atoms with Crippen molar-refractivity contribution in [1.29, 1.82) is 0 Å². The van der Waals surface area contributed by atoms with Crippen LogP contribution in [0.3, 0.4) is 0 Å². The van der Waals surface area contributed by atoms with Crippen molar-refractivity contribution in [2.45, 2.75) is 11.8 Å². The summed E-state index contributed by atoms with van der Waals surface area (Å²) in [6.45, 7) is 1.88. The monoisotopic (exact) mass is 264 g/mol. The third-order valence-corrected chi connectivity index (χ3v) is 3.09. The average Bonchev–Trinajstić information content (AvgIpc) is 2.17. The summed E-state index contributed by atoms with van der Waals surface area (Å²) in [7, 11) is 0. The second-order valence-electron chi connectivity index (χ2n) is 2.89. The van der Waals surface area contributed by atoms with E-state index in [0.29, 0.717) is 10.6 Å². The molecule has 1 aromatic carbocycles. The number of quaternary nitrogens is 1. The Kier molecular flexibility index (Phi) is 4.57. The summed E-state index contributed by atoms with van der Waals surface area (Å²) in [6.07, 6.45) is 0. The summed E-state index contributed by atoms with van der Waals surface area (Å²) in [6, 6.07) is 2.57. The van der Waals surface area contributed by atoms with Gasteiger partial charge >= 0.3 is 5.97 Å². The van der Waals surface area contributed by atoms with Crippen molar-refractivity contribution in [3.05, 3.63) is 22.7 Å². The summed E-state index contributed by atoms with van der Waals surface area (Å²) in [5, 5.41) is 25.9. The summed E-state index contributed by atoms with van der Waals surface area (Å²) in [4.78, 5) is 11.5. The van der Waals surface area contributed by atoms with Crippen molar-refractivity contribution in [2.75, 3.05) is 5.75 Å². The Morgan fingerprint density at radius 1 is 1.50 bits per heavy atom. The zero-order valence-electron chi connectivity index (χ0n) is 8.40. The van der Waals surface area contributed by atoms with Crippen LogP contribution >= 0.6 is 23.4 Å². The molecular weight excluding hydrogens is 254 g/mol. The highest BCUT2D eigenvalue weighted by molar-refractivity contribution is 7.99. The lowest BCUT2D eigenvalue weighted by Crippen LogP contribution is -3.02. The molecule has 7 heteroatoms. The van der Waals surface area contributed by atoms with Crippen LogP contribution in [0.4, 0.5) is 5.69 Å². The lowest BCUT2D eigenvalue weighted by molar-refractivity contribution is -1.19. The normalized spacial score (nSPS) is 10.8. The number of carboxylic acid groups (broad SMARTS) is 1. The van der Waals surface area contributed by atoms with Crippen LogP contribution in [0.2, 0.25) is 5.02 Å². The van der Waals surface area contributed by atoms with Gasteiger partial charge in [-0.1, -0.05) is 18.5 Å². The van der Waals surface area contributed by atoms with Gasteiger partial charge in [-0.2, -0.15) is 10.4 Å². The maximum Gasteiger partial charge on any atom is 0.337 e. The topological polar surface area (TPSA) is 82.2 Å². The zero-order chi connectivity index (χ0) is 12.3. The first kappa shape index (κ1) is 13.3. The fourth-order valence-electron chi connectivity index (χ4n) is 1.17. The summed E-state index contributed by atoms with van der Waals surface area (Å²) < 4.78 is 0. The molecule has 0 amide bonds. The van der Waals surface area contributed by atoms with E-state index in [0.717, 1.165) is 6.07 Å². The molecule has 5 nitrogen and oxygen atoms in total. The minimum absolute atomic E-state index is 0.00634. The van der Waals surface area contributed by atoms with Gasteiger partial charge in [0.15, 0.2) is 0 Å². The highest BCUT2D eigenvalue weighted by atomic mass is 35.5. The van der Waals surface area contributed by atoms with Gasteiger partial charge in [0.2, 0.25) is 5.69 Å². The van der Waals surface area contributed by atoms with Crippen molar-refractivity contribution in [3.8, 4) is 0 Å². The minimum atomic E-state index is -1.13. The average molecular weight is 265 g/mol. The zero-order valence-corrected chi connectivity index (χ0v) is 9.97. The second-order valence-corrected chi connectivity index (χ2v) is 4.60. The van der Waals surface area contributed by atoms with Crippen molar-refractivity contribution in [3.63, 3.8) is 0 Å². The molecule has 0 radical (unpaired) electrons. The molecule has 0 fully saturated rings. The van der Waals surface area contributed by atoms with Crippen molar-refractivity contribution >= 4 is 35.0 Å². The Bertz CT molecular complexity index is 411. The number of thioether (sulfide) groups is 1. The quantitative estimate of drug-likeness (QED) is 0.489. The molecule has 1 rings (SSSR count).